The Bertz CT molecular complexity index is 754. The topological polar surface area (TPSA) is 81.3 Å². The number of carbonyl (C=O) groups excluding carboxylic acids is 2. The lowest BCUT2D eigenvalue weighted by atomic mass is 10.1. The van der Waals surface area contributed by atoms with Gasteiger partial charge in [-0.25, -0.2) is 4.79 Å². The molecule has 7 heteroatoms. The summed E-state index contributed by atoms with van der Waals surface area (Å²) >= 11 is 0. The van der Waals surface area contributed by atoms with Crippen LogP contribution >= 0.6 is 0 Å². The Hall–Kier alpha value is -2.57. The normalized spacial score (nSPS) is 18.5. The highest BCUT2D eigenvalue weighted by molar-refractivity contribution is 5.96. The second-order valence-corrected chi connectivity index (χ2v) is 6.65. The highest BCUT2D eigenvalue weighted by Gasteiger charge is 2.34. The van der Waals surface area contributed by atoms with Gasteiger partial charge in [-0.15, -0.1) is 0 Å². The van der Waals surface area contributed by atoms with Crippen LogP contribution in [0, 0.1) is 5.92 Å². The van der Waals surface area contributed by atoms with Crippen molar-refractivity contribution in [2.24, 2.45) is 5.92 Å². The predicted molar refractivity (Wildman–Crippen MR) is 92.7 cm³/mol. The first-order chi connectivity index (χ1) is 11.5. The van der Waals surface area contributed by atoms with E-state index in [9.17, 15) is 9.59 Å². The summed E-state index contributed by atoms with van der Waals surface area (Å²) in [7, 11) is 0. The fourth-order valence-electron chi connectivity index (χ4n) is 3.05. The van der Waals surface area contributed by atoms with E-state index in [4.69, 9.17) is 0 Å². The van der Waals surface area contributed by atoms with E-state index in [1.165, 1.54) is 0 Å². The Morgan fingerprint density at radius 3 is 2.96 bits per heavy atom. The van der Waals surface area contributed by atoms with Crippen LogP contribution in [0.15, 0.2) is 24.4 Å². The number of benzene rings is 1. The van der Waals surface area contributed by atoms with Gasteiger partial charge >= 0.3 is 6.03 Å². The van der Waals surface area contributed by atoms with Gasteiger partial charge in [0.15, 0.2) is 0 Å². The molecule has 2 aromatic rings. The van der Waals surface area contributed by atoms with Crippen LogP contribution in [-0.4, -0.2) is 57.6 Å². The zero-order valence-corrected chi connectivity index (χ0v) is 14.2. The molecule has 1 aromatic heterocycles. The summed E-state index contributed by atoms with van der Waals surface area (Å²) in [5.74, 6) is 0.429. The number of urea groups is 1. The molecule has 1 atom stereocenters. The van der Waals surface area contributed by atoms with E-state index in [0.29, 0.717) is 24.7 Å². The molecular weight excluding hydrogens is 306 g/mol. The van der Waals surface area contributed by atoms with Crippen molar-refractivity contribution in [1.82, 2.24) is 20.0 Å². The average Bonchev–Trinajstić information content (AvgIpc) is 2.99. The Balaban J connectivity index is 1.67. The third-order valence-corrected chi connectivity index (χ3v) is 4.29. The molecule has 0 unspecified atom stereocenters. The van der Waals surface area contributed by atoms with E-state index in [2.05, 4.69) is 29.4 Å². The minimum Gasteiger partial charge on any atom is -0.339 e. The number of H-pyrrole nitrogens is 1. The number of aromatic amines is 1. The van der Waals surface area contributed by atoms with E-state index in [1.54, 1.807) is 18.0 Å². The summed E-state index contributed by atoms with van der Waals surface area (Å²) in [5.41, 5.74) is 1.61. The van der Waals surface area contributed by atoms with Crippen LogP contribution in [0.3, 0.4) is 0 Å². The molecule has 1 aromatic carbocycles. The summed E-state index contributed by atoms with van der Waals surface area (Å²) < 4.78 is 0. The molecule has 0 bridgehead atoms. The Morgan fingerprint density at radius 1 is 1.42 bits per heavy atom. The number of fused-ring (bicyclic) bond motifs is 1. The molecule has 2 N–H and O–H groups in total. The second kappa shape index (κ2) is 6.51. The monoisotopic (exact) mass is 329 g/mol. The van der Waals surface area contributed by atoms with Gasteiger partial charge in [-0.2, -0.15) is 5.10 Å². The number of carbonyl (C=O) groups is 2. The number of aromatic nitrogens is 2. The number of anilines is 1. The molecule has 1 saturated heterocycles. The van der Waals surface area contributed by atoms with E-state index in [0.717, 1.165) is 17.4 Å². The number of hydrogen-bond acceptors (Lipinski definition) is 3. The van der Waals surface area contributed by atoms with Crippen molar-refractivity contribution in [3.8, 4) is 0 Å². The molecular formula is C17H23N5O2. The van der Waals surface area contributed by atoms with Crippen molar-refractivity contribution >= 4 is 28.5 Å². The molecule has 1 aliphatic rings. The third-order valence-electron chi connectivity index (χ3n) is 4.29. The maximum absolute atomic E-state index is 12.5. The SMILES string of the molecule is CC(C)CN1CCN(C(=O)Nc2ccc3[nH]ncc3c2)[C@@H](C)C1=O. The molecule has 1 aliphatic heterocycles. The first kappa shape index (κ1) is 16.3. The first-order valence-corrected chi connectivity index (χ1v) is 8.25. The molecule has 24 heavy (non-hydrogen) atoms. The fraction of sp³-hybridized carbons (Fsp3) is 0.471. The zero-order chi connectivity index (χ0) is 17.3. The minimum atomic E-state index is -0.449. The lowest BCUT2D eigenvalue weighted by Gasteiger charge is -2.39. The van der Waals surface area contributed by atoms with Gasteiger partial charge in [0, 0.05) is 30.7 Å². The summed E-state index contributed by atoms with van der Waals surface area (Å²) in [6, 6.07) is 4.85. The van der Waals surface area contributed by atoms with Gasteiger partial charge in [0.1, 0.15) is 6.04 Å². The summed E-state index contributed by atoms with van der Waals surface area (Å²) in [6.45, 7) is 7.81. The molecule has 0 saturated carbocycles. The Kier molecular flexibility index (Phi) is 4.42. The third kappa shape index (κ3) is 3.20. The molecule has 2 heterocycles. The van der Waals surface area contributed by atoms with E-state index >= 15 is 0 Å². The van der Waals surface area contributed by atoms with Crippen LogP contribution in [0.25, 0.3) is 10.9 Å². The Labute approximate surface area is 141 Å². The number of nitrogens with zero attached hydrogens (tertiary/aromatic N) is 3. The quantitative estimate of drug-likeness (QED) is 0.906. The van der Waals surface area contributed by atoms with Crippen LogP contribution < -0.4 is 5.32 Å². The lowest BCUT2D eigenvalue weighted by Crippen LogP contribution is -2.58. The van der Waals surface area contributed by atoms with Crippen molar-refractivity contribution in [2.45, 2.75) is 26.8 Å². The van der Waals surface area contributed by atoms with E-state index < -0.39 is 6.04 Å². The van der Waals surface area contributed by atoms with Crippen molar-refractivity contribution in [3.63, 3.8) is 0 Å². The maximum Gasteiger partial charge on any atom is 0.322 e. The zero-order valence-electron chi connectivity index (χ0n) is 14.2. The summed E-state index contributed by atoms with van der Waals surface area (Å²) in [6.07, 6.45) is 1.71. The van der Waals surface area contributed by atoms with Gasteiger partial charge in [-0.3, -0.25) is 9.89 Å². The van der Waals surface area contributed by atoms with Crippen LogP contribution in [0.4, 0.5) is 10.5 Å². The van der Waals surface area contributed by atoms with Crippen molar-refractivity contribution in [2.75, 3.05) is 25.0 Å². The van der Waals surface area contributed by atoms with Crippen molar-refractivity contribution < 1.29 is 9.59 Å². The van der Waals surface area contributed by atoms with Gasteiger partial charge in [-0.05, 0) is 31.0 Å². The van der Waals surface area contributed by atoms with Gasteiger partial charge in [0.25, 0.3) is 0 Å². The number of hydrogen-bond donors (Lipinski definition) is 2. The number of nitrogens with one attached hydrogen (secondary N) is 2. The number of piperazine rings is 1. The smallest absolute Gasteiger partial charge is 0.322 e. The average molecular weight is 329 g/mol. The number of amides is 3. The first-order valence-electron chi connectivity index (χ1n) is 8.25. The van der Waals surface area contributed by atoms with Gasteiger partial charge in [-0.1, -0.05) is 13.8 Å². The van der Waals surface area contributed by atoms with Crippen LogP contribution in [0.1, 0.15) is 20.8 Å². The molecule has 0 aliphatic carbocycles. The molecule has 0 spiro atoms. The van der Waals surface area contributed by atoms with Gasteiger partial charge < -0.3 is 15.1 Å². The fourth-order valence-corrected chi connectivity index (χ4v) is 3.05. The number of rotatable bonds is 3. The van der Waals surface area contributed by atoms with Crippen molar-refractivity contribution in [1.29, 1.82) is 0 Å². The van der Waals surface area contributed by atoms with Crippen LogP contribution in [-0.2, 0) is 4.79 Å². The highest BCUT2D eigenvalue weighted by atomic mass is 16.2. The molecule has 0 radical (unpaired) electrons. The second-order valence-electron chi connectivity index (χ2n) is 6.65. The Morgan fingerprint density at radius 2 is 2.21 bits per heavy atom. The summed E-state index contributed by atoms with van der Waals surface area (Å²) in [4.78, 5) is 28.4. The molecule has 3 amide bonds. The molecule has 7 nitrogen and oxygen atoms in total. The van der Waals surface area contributed by atoms with E-state index in [1.807, 2.05) is 23.1 Å². The van der Waals surface area contributed by atoms with E-state index in [-0.39, 0.29) is 11.9 Å². The molecule has 128 valence electrons. The van der Waals surface area contributed by atoms with Gasteiger partial charge in [0.05, 0.1) is 11.7 Å². The highest BCUT2D eigenvalue weighted by Crippen LogP contribution is 2.19. The van der Waals surface area contributed by atoms with Crippen LogP contribution in [0.2, 0.25) is 0 Å². The largest absolute Gasteiger partial charge is 0.339 e. The van der Waals surface area contributed by atoms with Crippen LogP contribution in [0.5, 0.6) is 0 Å². The van der Waals surface area contributed by atoms with Gasteiger partial charge in [0.2, 0.25) is 5.91 Å². The maximum atomic E-state index is 12.5. The lowest BCUT2D eigenvalue weighted by molar-refractivity contribution is -0.139. The summed E-state index contributed by atoms with van der Waals surface area (Å²) in [5, 5.41) is 10.6. The molecule has 3 rings (SSSR count). The predicted octanol–water partition coefficient (Wildman–Crippen LogP) is 2.28. The standard InChI is InChI=1S/C17H23N5O2/c1-11(2)10-21-6-7-22(12(3)16(21)23)17(24)19-14-4-5-15-13(8-14)9-18-20-15/h4-5,8-9,11-12H,6-7,10H2,1-3H3,(H,18,20)(H,19,24)/t12-/m0/s1. The van der Waals surface area contributed by atoms with Crippen molar-refractivity contribution in [3.05, 3.63) is 24.4 Å². The molecule has 1 fully saturated rings. The minimum absolute atomic E-state index is 0.00962.